The largest absolute Gasteiger partial charge is 0.508 e. The summed E-state index contributed by atoms with van der Waals surface area (Å²) in [7, 11) is 0. The maximum Gasteiger partial charge on any atom is 0.408 e. The number of carbonyl (C=O) groups is 3. The molecule has 0 saturated heterocycles. The van der Waals surface area contributed by atoms with Crippen LogP contribution in [-0.2, 0) is 20.7 Å². The van der Waals surface area contributed by atoms with Crippen molar-refractivity contribution in [3.63, 3.8) is 0 Å². The number of nitrogens with zero attached hydrogens (tertiary/aromatic N) is 1. The van der Waals surface area contributed by atoms with Crippen LogP contribution in [0.1, 0.15) is 85.0 Å². The van der Waals surface area contributed by atoms with Gasteiger partial charge < -0.3 is 25.4 Å². The van der Waals surface area contributed by atoms with Crippen molar-refractivity contribution in [1.82, 2.24) is 15.5 Å². The van der Waals surface area contributed by atoms with Crippen LogP contribution in [0, 0.1) is 6.92 Å². The lowest BCUT2D eigenvalue weighted by Crippen LogP contribution is -2.60. The standard InChI is InChI=1S/C31H45N3O5/c1-20-18-22(16-17-24(20)35)25(26(36)33-29(2,3)4)34(30(5,6)7)27(37)23(19-21-14-12-11-13-15-21)32-28(38)39-31(8,9)10/h11-18,23,25,35H,19H2,1-10H3,(H,32,38)(H,33,36). The lowest BCUT2D eigenvalue weighted by molar-refractivity contribution is -0.149. The van der Waals surface area contributed by atoms with Gasteiger partial charge in [0.2, 0.25) is 11.8 Å². The topological polar surface area (TPSA) is 108 Å². The highest BCUT2D eigenvalue weighted by molar-refractivity contribution is 5.93. The molecule has 2 aromatic carbocycles. The summed E-state index contributed by atoms with van der Waals surface area (Å²) in [4.78, 5) is 42.7. The van der Waals surface area contributed by atoms with Crippen LogP contribution in [0.25, 0.3) is 0 Å². The average Bonchev–Trinajstić information content (AvgIpc) is 2.76. The summed E-state index contributed by atoms with van der Waals surface area (Å²) in [6.45, 7) is 18.2. The Hall–Kier alpha value is -3.55. The molecule has 214 valence electrons. The molecule has 0 heterocycles. The average molecular weight is 540 g/mol. The van der Waals surface area contributed by atoms with Gasteiger partial charge in [0, 0.05) is 17.5 Å². The Morgan fingerprint density at radius 2 is 1.51 bits per heavy atom. The fourth-order valence-corrected chi connectivity index (χ4v) is 4.22. The second-order valence-corrected chi connectivity index (χ2v) is 13.0. The third-order valence-electron chi connectivity index (χ3n) is 5.77. The lowest BCUT2D eigenvalue weighted by Gasteiger charge is -2.43. The first-order valence-electron chi connectivity index (χ1n) is 13.3. The summed E-state index contributed by atoms with van der Waals surface area (Å²) in [5.41, 5.74) is -0.176. The Balaban J connectivity index is 2.65. The molecule has 0 aliphatic heterocycles. The molecule has 0 bridgehead atoms. The van der Waals surface area contributed by atoms with Gasteiger partial charge >= 0.3 is 6.09 Å². The number of hydrogen-bond acceptors (Lipinski definition) is 5. The molecular formula is C31H45N3O5. The van der Waals surface area contributed by atoms with Crippen molar-refractivity contribution in [3.05, 3.63) is 65.2 Å². The summed E-state index contributed by atoms with van der Waals surface area (Å²) in [6, 6.07) is 12.2. The number of phenolic OH excluding ortho intramolecular Hbond substituents is 1. The predicted octanol–water partition coefficient (Wildman–Crippen LogP) is 5.42. The van der Waals surface area contributed by atoms with Crippen molar-refractivity contribution in [2.75, 3.05) is 0 Å². The highest BCUT2D eigenvalue weighted by atomic mass is 16.6. The number of nitrogens with one attached hydrogen (secondary N) is 2. The summed E-state index contributed by atoms with van der Waals surface area (Å²) in [5.74, 6) is -0.709. The minimum absolute atomic E-state index is 0.0934. The quantitative estimate of drug-likeness (QED) is 0.436. The number of hydrogen-bond donors (Lipinski definition) is 3. The smallest absolute Gasteiger partial charge is 0.408 e. The molecule has 0 aliphatic carbocycles. The van der Waals surface area contributed by atoms with Gasteiger partial charge in [-0.05, 0) is 98.1 Å². The van der Waals surface area contributed by atoms with Gasteiger partial charge in [-0.15, -0.1) is 0 Å². The van der Waals surface area contributed by atoms with E-state index in [1.165, 1.54) is 11.0 Å². The molecule has 0 aliphatic rings. The fraction of sp³-hybridized carbons (Fsp3) is 0.516. The number of amides is 3. The molecule has 0 spiro atoms. The van der Waals surface area contributed by atoms with Crippen LogP contribution < -0.4 is 10.6 Å². The summed E-state index contributed by atoms with van der Waals surface area (Å²) >= 11 is 0. The molecule has 8 heteroatoms. The molecule has 3 amide bonds. The molecule has 0 aromatic heterocycles. The highest BCUT2D eigenvalue weighted by Crippen LogP contribution is 2.33. The summed E-state index contributed by atoms with van der Waals surface area (Å²) < 4.78 is 5.48. The van der Waals surface area contributed by atoms with Crippen LogP contribution in [0.4, 0.5) is 4.79 Å². The first-order valence-corrected chi connectivity index (χ1v) is 13.3. The third kappa shape index (κ3) is 9.61. The SMILES string of the molecule is Cc1cc(C(C(=O)NC(C)(C)C)N(C(=O)C(Cc2ccccc2)NC(=O)OC(C)(C)C)C(C)(C)C)ccc1O. The summed E-state index contributed by atoms with van der Waals surface area (Å²) in [5, 5.41) is 15.9. The maximum absolute atomic E-state index is 14.5. The van der Waals surface area contributed by atoms with E-state index in [4.69, 9.17) is 4.74 Å². The number of aryl methyl sites for hydroxylation is 1. The number of rotatable bonds is 7. The Kier molecular flexibility index (Phi) is 9.82. The van der Waals surface area contributed by atoms with Gasteiger partial charge in [0.25, 0.3) is 0 Å². The molecule has 0 fully saturated rings. The zero-order valence-electron chi connectivity index (χ0n) is 25.0. The molecule has 2 atom stereocenters. The first-order chi connectivity index (χ1) is 17.8. The van der Waals surface area contributed by atoms with E-state index in [1.54, 1.807) is 39.8 Å². The zero-order chi connectivity index (χ0) is 29.8. The summed E-state index contributed by atoms with van der Waals surface area (Å²) in [6.07, 6.45) is -0.518. The van der Waals surface area contributed by atoms with E-state index >= 15 is 0 Å². The molecule has 2 rings (SSSR count). The predicted molar refractivity (Wildman–Crippen MR) is 153 cm³/mol. The number of phenols is 1. The monoisotopic (exact) mass is 539 g/mol. The van der Waals surface area contributed by atoms with Gasteiger partial charge in [0.05, 0.1) is 0 Å². The Labute approximate surface area is 233 Å². The van der Waals surface area contributed by atoms with Crippen molar-refractivity contribution < 1.29 is 24.2 Å². The molecule has 39 heavy (non-hydrogen) atoms. The van der Waals surface area contributed by atoms with Crippen LogP contribution in [0.2, 0.25) is 0 Å². The van der Waals surface area contributed by atoms with Crippen LogP contribution in [0.3, 0.4) is 0 Å². The number of ether oxygens (including phenoxy) is 1. The molecule has 8 nitrogen and oxygen atoms in total. The van der Waals surface area contributed by atoms with E-state index in [0.717, 1.165) is 5.56 Å². The highest BCUT2D eigenvalue weighted by Gasteiger charge is 2.42. The van der Waals surface area contributed by atoms with Gasteiger partial charge in [0.1, 0.15) is 23.4 Å². The van der Waals surface area contributed by atoms with Crippen LogP contribution in [-0.4, -0.2) is 50.6 Å². The van der Waals surface area contributed by atoms with Gasteiger partial charge in [0.15, 0.2) is 0 Å². The molecule has 2 aromatic rings. The molecule has 3 N–H and O–H groups in total. The Morgan fingerprint density at radius 1 is 0.923 bits per heavy atom. The molecule has 2 unspecified atom stereocenters. The molecule has 0 radical (unpaired) electrons. The number of benzene rings is 2. The van der Waals surface area contributed by atoms with Crippen molar-refractivity contribution >= 4 is 17.9 Å². The van der Waals surface area contributed by atoms with Crippen molar-refractivity contribution in [2.45, 2.75) is 104 Å². The second-order valence-electron chi connectivity index (χ2n) is 13.0. The van der Waals surface area contributed by atoms with Crippen molar-refractivity contribution in [2.24, 2.45) is 0 Å². The minimum Gasteiger partial charge on any atom is -0.508 e. The molecular weight excluding hydrogens is 494 g/mol. The molecule has 0 saturated carbocycles. The van der Waals surface area contributed by atoms with Crippen molar-refractivity contribution in [1.29, 1.82) is 0 Å². The van der Waals surface area contributed by atoms with Gasteiger partial charge in [-0.1, -0.05) is 36.4 Å². The van der Waals surface area contributed by atoms with E-state index in [9.17, 15) is 19.5 Å². The Bertz CT molecular complexity index is 1160. The van der Waals surface area contributed by atoms with E-state index in [-0.39, 0.29) is 18.1 Å². The maximum atomic E-state index is 14.5. The second kappa shape index (κ2) is 12.1. The lowest BCUT2D eigenvalue weighted by atomic mass is 9.92. The number of aromatic hydroxyl groups is 1. The van der Waals surface area contributed by atoms with Gasteiger partial charge in [-0.2, -0.15) is 0 Å². The number of alkyl carbamates (subject to hydrolysis) is 1. The normalized spacial score (nSPS) is 13.7. The minimum atomic E-state index is -1.03. The number of carbonyl (C=O) groups excluding carboxylic acids is 3. The van der Waals surface area contributed by atoms with Crippen molar-refractivity contribution in [3.8, 4) is 5.75 Å². The van der Waals surface area contributed by atoms with Gasteiger partial charge in [-0.25, -0.2) is 4.79 Å². The van der Waals surface area contributed by atoms with E-state index in [1.807, 2.05) is 71.9 Å². The van der Waals surface area contributed by atoms with E-state index in [0.29, 0.717) is 11.1 Å². The van der Waals surface area contributed by atoms with Gasteiger partial charge in [-0.3, -0.25) is 9.59 Å². The van der Waals surface area contributed by atoms with Crippen LogP contribution in [0.15, 0.2) is 48.5 Å². The van der Waals surface area contributed by atoms with E-state index in [2.05, 4.69) is 10.6 Å². The van der Waals surface area contributed by atoms with E-state index < -0.39 is 40.8 Å². The third-order valence-corrected chi connectivity index (χ3v) is 5.77. The van der Waals surface area contributed by atoms with Crippen LogP contribution >= 0.6 is 0 Å². The first kappa shape index (κ1) is 31.7. The fourth-order valence-electron chi connectivity index (χ4n) is 4.22. The zero-order valence-corrected chi connectivity index (χ0v) is 25.0. The van der Waals surface area contributed by atoms with Crippen LogP contribution in [0.5, 0.6) is 5.75 Å². The Morgan fingerprint density at radius 3 is 2.00 bits per heavy atom.